The Kier molecular flexibility index (Phi) is 4.94. The quantitative estimate of drug-likeness (QED) is 0.833. The summed E-state index contributed by atoms with van der Waals surface area (Å²) in [5.74, 6) is 4.90. The van der Waals surface area contributed by atoms with Gasteiger partial charge in [-0.25, -0.2) is 0 Å². The lowest BCUT2D eigenvalue weighted by Gasteiger charge is -2.14. The first-order valence-electron chi connectivity index (χ1n) is 6.33. The molecule has 0 aliphatic rings. The Labute approximate surface area is 118 Å². The summed E-state index contributed by atoms with van der Waals surface area (Å²) >= 11 is 0. The van der Waals surface area contributed by atoms with Crippen LogP contribution in [0.4, 0.5) is 0 Å². The fraction of sp³-hybridized carbons (Fsp3) is 0.118. The van der Waals surface area contributed by atoms with Gasteiger partial charge in [0.2, 0.25) is 0 Å². The van der Waals surface area contributed by atoms with Crippen molar-refractivity contribution in [2.24, 2.45) is 0 Å². The normalized spacial score (nSPS) is 11.1. The molecule has 3 heteroatoms. The van der Waals surface area contributed by atoms with E-state index >= 15 is 0 Å². The van der Waals surface area contributed by atoms with Crippen molar-refractivity contribution in [2.45, 2.75) is 6.04 Å². The predicted octanol–water partition coefficient (Wildman–Crippen LogP) is 1.89. The molecule has 1 amide bonds. The molecule has 1 atom stereocenters. The van der Waals surface area contributed by atoms with Gasteiger partial charge in [-0.3, -0.25) is 4.79 Å². The lowest BCUT2D eigenvalue weighted by atomic mass is 10.1. The third-order valence-electron chi connectivity index (χ3n) is 2.78. The van der Waals surface area contributed by atoms with Crippen LogP contribution in [0.2, 0.25) is 0 Å². The highest BCUT2D eigenvalue weighted by molar-refractivity contribution is 5.94. The van der Waals surface area contributed by atoms with Crippen LogP contribution >= 0.6 is 0 Å². The van der Waals surface area contributed by atoms with Gasteiger partial charge in [0.05, 0.1) is 12.6 Å². The lowest BCUT2D eigenvalue weighted by molar-refractivity contribution is -0.116. The average molecular weight is 265 g/mol. The van der Waals surface area contributed by atoms with Crippen molar-refractivity contribution in [3.8, 4) is 11.8 Å². The third kappa shape index (κ3) is 3.98. The standard InChI is InChI=1S/C17H15NO2/c19-13-16(15-9-5-2-6-10-15)18-17(20)12-11-14-7-3-1-4-8-14/h1-10,16,19H,13H2,(H,18,20)/t16-/m1/s1. The molecule has 2 N–H and O–H groups in total. The van der Waals surface area contributed by atoms with Gasteiger partial charge in [-0.15, -0.1) is 0 Å². The van der Waals surface area contributed by atoms with Crippen LogP contribution < -0.4 is 5.32 Å². The minimum Gasteiger partial charge on any atom is -0.394 e. The van der Waals surface area contributed by atoms with Gasteiger partial charge in [0.1, 0.15) is 0 Å². The van der Waals surface area contributed by atoms with Gasteiger partial charge >= 0.3 is 0 Å². The van der Waals surface area contributed by atoms with Crippen molar-refractivity contribution in [2.75, 3.05) is 6.61 Å². The molecule has 0 heterocycles. The summed E-state index contributed by atoms with van der Waals surface area (Å²) in [7, 11) is 0. The zero-order chi connectivity index (χ0) is 14.2. The number of nitrogens with one attached hydrogen (secondary N) is 1. The molecule has 0 saturated heterocycles. The molecule has 3 nitrogen and oxygen atoms in total. The van der Waals surface area contributed by atoms with Crippen molar-refractivity contribution in [1.82, 2.24) is 5.32 Å². The smallest absolute Gasteiger partial charge is 0.296 e. The monoisotopic (exact) mass is 265 g/mol. The molecular weight excluding hydrogens is 250 g/mol. The molecule has 0 bridgehead atoms. The van der Waals surface area contributed by atoms with Crippen molar-refractivity contribution in [1.29, 1.82) is 0 Å². The van der Waals surface area contributed by atoms with Crippen LogP contribution in [0.3, 0.4) is 0 Å². The van der Waals surface area contributed by atoms with E-state index in [1.807, 2.05) is 60.7 Å². The van der Waals surface area contributed by atoms with E-state index in [-0.39, 0.29) is 6.61 Å². The Morgan fingerprint density at radius 1 is 1.05 bits per heavy atom. The predicted molar refractivity (Wildman–Crippen MR) is 77.7 cm³/mol. The molecule has 2 aromatic rings. The van der Waals surface area contributed by atoms with Crippen LogP contribution in [-0.4, -0.2) is 17.6 Å². The number of hydrogen-bond donors (Lipinski definition) is 2. The number of amides is 1. The zero-order valence-electron chi connectivity index (χ0n) is 10.9. The third-order valence-corrected chi connectivity index (χ3v) is 2.78. The topological polar surface area (TPSA) is 49.3 Å². The van der Waals surface area contributed by atoms with Gasteiger partial charge in [0.15, 0.2) is 0 Å². The van der Waals surface area contributed by atoms with Gasteiger partial charge in [-0.05, 0) is 17.7 Å². The van der Waals surface area contributed by atoms with Crippen LogP contribution in [-0.2, 0) is 4.79 Å². The highest BCUT2D eigenvalue weighted by Crippen LogP contribution is 2.10. The molecule has 2 aromatic carbocycles. The molecular formula is C17H15NO2. The van der Waals surface area contributed by atoms with Gasteiger partial charge in [-0.2, -0.15) is 0 Å². The van der Waals surface area contributed by atoms with Crippen LogP contribution in [0, 0.1) is 11.8 Å². The first-order valence-corrected chi connectivity index (χ1v) is 6.33. The molecule has 0 aromatic heterocycles. The van der Waals surface area contributed by atoms with E-state index in [0.29, 0.717) is 0 Å². The fourth-order valence-corrected chi connectivity index (χ4v) is 1.76. The maximum atomic E-state index is 11.8. The van der Waals surface area contributed by atoms with E-state index in [1.165, 1.54) is 0 Å². The maximum absolute atomic E-state index is 11.8. The van der Waals surface area contributed by atoms with Crippen molar-refractivity contribution >= 4 is 5.91 Å². The second-order valence-corrected chi connectivity index (χ2v) is 4.24. The van der Waals surface area contributed by atoms with Crippen molar-refractivity contribution in [3.05, 3.63) is 71.8 Å². The number of aliphatic hydroxyl groups excluding tert-OH is 1. The van der Waals surface area contributed by atoms with E-state index in [4.69, 9.17) is 0 Å². The van der Waals surface area contributed by atoms with Crippen LogP contribution in [0.5, 0.6) is 0 Å². The molecule has 20 heavy (non-hydrogen) atoms. The Morgan fingerprint density at radius 2 is 1.65 bits per heavy atom. The highest BCUT2D eigenvalue weighted by atomic mass is 16.3. The van der Waals surface area contributed by atoms with E-state index in [2.05, 4.69) is 17.2 Å². The molecule has 0 unspecified atom stereocenters. The van der Waals surface area contributed by atoms with Crippen molar-refractivity contribution in [3.63, 3.8) is 0 Å². The molecule has 0 aliphatic carbocycles. The minimum atomic E-state index is -0.436. The number of rotatable bonds is 3. The van der Waals surface area contributed by atoms with Crippen LogP contribution in [0.25, 0.3) is 0 Å². The second kappa shape index (κ2) is 7.13. The van der Waals surface area contributed by atoms with E-state index in [9.17, 15) is 9.90 Å². The summed E-state index contributed by atoms with van der Waals surface area (Å²) in [6.45, 7) is -0.164. The largest absolute Gasteiger partial charge is 0.394 e. The summed E-state index contributed by atoms with van der Waals surface area (Å²) in [5.41, 5.74) is 1.63. The summed E-state index contributed by atoms with van der Waals surface area (Å²) in [6, 6.07) is 18.2. The number of benzene rings is 2. The molecule has 0 radical (unpaired) electrons. The molecule has 0 fully saturated rings. The van der Waals surface area contributed by atoms with Crippen molar-refractivity contribution < 1.29 is 9.90 Å². The van der Waals surface area contributed by atoms with Gasteiger partial charge in [-0.1, -0.05) is 54.5 Å². The number of aliphatic hydroxyl groups is 1. The summed E-state index contributed by atoms with van der Waals surface area (Å²) in [6.07, 6.45) is 0. The first kappa shape index (κ1) is 13.9. The fourth-order valence-electron chi connectivity index (χ4n) is 1.76. The lowest BCUT2D eigenvalue weighted by Crippen LogP contribution is -2.29. The van der Waals surface area contributed by atoms with Crippen LogP contribution in [0.15, 0.2) is 60.7 Å². The SMILES string of the molecule is O=C(C#Cc1ccccc1)N[C@H](CO)c1ccccc1. The summed E-state index contributed by atoms with van der Waals surface area (Å²) in [5, 5.41) is 12.0. The average Bonchev–Trinajstić information content (AvgIpc) is 2.52. The number of carbonyl (C=O) groups excluding carboxylic acids is 1. The minimum absolute atomic E-state index is 0.164. The molecule has 2 rings (SSSR count). The number of hydrogen-bond acceptors (Lipinski definition) is 2. The summed E-state index contributed by atoms with van der Waals surface area (Å²) in [4.78, 5) is 11.8. The maximum Gasteiger partial charge on any atom is 0.296 e. The first-order chi connectivity index (χ1) is 9.79. The van der Waals surface area contributed by atoms with E-state index in [0.717, 1.165) is 11.1 Å². The second-order valence-electron chi connectivity index (χ2n) is 4.24. The Balaban J connectivity index is 2.02. The molecule has 0 aliphatic heterocycles. The number of carbonyl (C=O) groups is 1. The van der Waals surface area contributed by atoms with Gasteiger partial charge < -0.3 is 10.4 Å². The molecule has 0 spiro atoms. The zero-order valence-corrected chi connectivity index (χ0v) is 10.9. The van der Waals surface area contributed by atoms with E-state index in [1.54, 1.807) is 0 Å². The van der Waals surface area contributed by atoms with E-state index < -0.39 is 11.9 Å². The molecule has 0 saturated carbocycles. The summed E-state index contributed by atoms with van der Waals surface area (Å²) < 4.78 is 0. The molecule has 100 valence electrons. The Hall–Kier alpha value is -2.57. The highest BCUT2D eigenvalue weighted by Gasteiger charge is 2.11. The van der Waals surface area contributed by atoms with Crippen LogP contribution in [0.1, 0.15) is 17.2 Å². The van der Waals surface area contributed by atoms with Gasteiger partial charge in [0, 0.05) is 11.5 Å². The van der Waals surface area contributed by atoms with Gasteiger partial charge in [0.25, 0.3) is 5.91 Å². The Bertz CT molecular complexity index is 612. The Morgan fingerprint density at radius 3 is 2.25 bits per heavy atom.